The van der Waals surface area contributed by atoms with Crippen molar-refractivity contribution in [1.82, 2.24) is 14.9 Å². The summed E-state index contributed by atoms with van der Waals surface area (Å²) in [6.07, 6.45) is 0. The fourth-order valence-corrected chi connectivity index (χ4v) is 3.36. The van der Waals surface area contributed by atoms with Gasteiger partial charge in [-0.05, 0) is 12.1 Å². The second-order valence-corrected chi connectivity index (χ2v) is 7.08. The van der Waals surface area contributed by atoms with E-state index in [0.717, 1.165) is 68.1 Å². The lowest BCUT2D eigenvalue weighted by atomic mass is 10.2. The van der Waals surface area contributed by atoms with E-state index >= 15 is 0 Å². The molecule has 6 heteroatoms. The normalized spacial score (nSPS) is 14.5. The van der Waals surface area contributed by atoms with Gasteiger partial charge in [-0.1, -0.05) is 48.5 Å². The molecule has 0 atom stereocenters. The smallest absolute Gasteiger partial charge is 0.163 e. The maximum absolute atomic E-state index is 5.42. The summed E-state index contributed by atoms with van der Waals surface area (Å²) < 4.78 is 5.42. The lowest BCUT2D eigenvalue weighted by Gasteiger charge is -2.26. The van der Waals surface area contributed by atoms with E-state index in [1.165, 1.54) is 0 Å². The molecule has 3 aromatic rings. The molecule has 0 unspecified atom stereocenters. The quantitative estimate of drug-likeness (QED) is 0.666. The van der Waals surface area contributed by atoms with Crippen LogP contribution in [-0.2, 0) is 4.74 Å². The molecule has 0 radical (unpaired) electrons. The molecule has 0 spiro atoms. The van der Waals surface area contributed by atoms with Gasteiger partial charge in [-0.15, -0.1) is 0 Å². The van der Waals surface area contributed by atoms with Gasteiger partial charge in [-0.2, -0.15) is 0 Å². The van der Waals surface area contributed by atoms with Gasteiger partial charge in [-0.3, -0.25) is 4.90 Å². The summed E-state index contributed by atoms with van der Waals surface area (Å²) in [7, 11) is 2.03. The maximum Gasteiger partial charge on any atom is 0.163 e. The second kappa shape index (κ2) is 9.49. The van der Waals surface area contributed by atoms with Crippen molar-refractivity contribution >= 4 is 17.3 Å². The average Bonchev–Trinajstić information content (AvgIpc) is 2.80. The number of rotatable bonds is 7. The molecule has 6 nitrogen and oxygen atoms in total. The van der Waals surface area contributed by atoms with Crippen LogP contribution in [0.5, 0.6) is 0 Å². The molecule has 2 heterocycles. The lowest BCUT2D eigenvalue weighted by molar-refractivity contribution is 0.0398. The molecule has 0 bridgehead atoms. The number of hydrogen-bond donors (Lipinski definition) is 1. The summed E-state index contributed by atoms with van der Waals surface area (Å²) in [4.78, 5) is 14.1. The summed E-state index contributed by atoms with van der Waals surface area (Å²) in [6.45, 7) is 5.42. The SMILES string of the molecule is CN(c1ccccc1)c1cc(NCCN2CCOCC2)nc(-c2ccccc2)n1. The first-order valence-electron chi connectivity index (χ1n) is 10.1. The van der Waals surface area contributed by atoms with Crippen LogP contribution in [0.15, 0.2) is 66.7 Å². The second-order valence-electron chi connectivity index (χ2n) is 7.08. The van der Waals surface area contributed by atoms with Crippen LogP contribution in [0.2, 0.25) is 0 Å². The van der Waals surface area contributed by atoms with Gasteiger partial charge in [0.15, 0.2) is 5.82 Å². The van der Waals surface area contributed by atoms with E-state index in [0.29, 0.717) is 0 Å². The highest BCUT2D eigenvalue weighted by Gasteiger charge is 2.13. The molecule has 29 heavy (non-hydrogen) atoms. The summed E-state index contributed by atoms with van der Waals surface area (Å²) in [5.74, 6) is 2.42. The third-order valence-corrected chi connectivity index (χ3v) is 5.07. The largest absolute Gasteiger partial charge is 0.379 e. The minimum Gasteiger partial charge on any atom is -0.379 e. The van der Waals surface area contributed by atoms with Gasteiger partial charge in [0.05, 0.1) is 13.2 Å². The molecule has 1 aromatic heterocycles. The number of nitrogens with one attached hydrogen (secondary N) is 1. The highest BCUT2D eigenvalue weighted by Crippen LogP contribution is 2.26. The van der Waals surface area contributed by atoms with E-state index < -0.39 is 0 Å². The van der Waals surface area contributed by atoms with E-state index in [1.807, 2.05) is 61.6 Å². The molecule has 1 N–H and O–H groups in total. The molecule has 4 rings (SSSR count). The Bertz CT molecular complexity index is 898. The van der Waals surface area contributed by atoms with Gasteiger partial charge in [0.2, 0.25) is 0 Å². The number of ether oxygens (including phenoxy) is 1. The van der Waals surface area contributed by atoms with Crippen LogP contribution in [0, 0.1) is 0 Å². The topological polar surface area (TPSA) is 53.5 Å². The first-order chi connectivity index (χ1) is 14.3. The average molecular weight is 390 g/mol. The number of morpholine rings is 1. The Morgan fingerprint density at radius 2 is 1.66 bits per heavy atom. The Labute approximate surface area is 172 Å². The number of benzene rings is 2. The van der Waals surface area contributed by atoms with Crippen LogP contribution in [0.3, 0.4) is 0 Å². The molecule has 150 valence electrons. The monoisotopic (exact) mass is 389 g/mol. The van der Waals surface area contributed by atoms with Gasteiger partial charge in [-0.25, -0.2) is 9.97 Å². The summed E-state index contributed by atoms with van der Waals surface area (Å²) in [5, 5.41) is 3.49. The van der Waals surface area contributed by atoms with Crippen LogP contribution >= 0.6 is 0 Å². The third-order valence-electron chi connectivity index (χ3n) is 5.07. The van der Waals surface area contributed by atoms with Gasteiger partial charge in [0.25, 0.3) is 0 Å². The van der Waals surface area contributed by atoms with Crippen LogP contribution in [0.25, 0.3) is 11.4 Å². The first-order valence-corrected chi connectivity index (χ1v) is 10.1. The Hall–Kier alpha value is -2.96. The minimum atomic E-state index is 0.722. The number of anilines is 3. The molecule has 1 aliphatic rings. The Morgan fingerprint density at radius 3 is 2.38 bits per heavy atom. The van der Waals surface area contributed by atoms with Crippen molar-refractivity contribution in [3.05, 3.63) is 66.7 Å². The Kier molecular flexibility index (Phi) is 6.34. The van der Waals surface area contributed by atoms with Gasteiger partial charge < -0.3 is 15.0 Å². The molecular formula is C23H27N5O. The first kappa shape index (κ1) is 19.4. The van der Waals surface area contributed by atoms with E-state index in [9.17, 15) is 0 Å². The summed E-state index contributed by atoms with van der Waals surface area (Å²) in [5.41, 5.74) is 2.09. The van der Waals surface area contributed by atoms with Gasteiger partial charge in [0.1, 0.15) is 11.6 Å². The van der Waals surface area contributed by atoms with E-state index in [4.69, 9.17) is 14.7 Å². The molecule has 0 amide bonds. The van der Waals surface area contributed by atoms with E-state index in [-0.39, 0.29) is 0 Å². The van der Waals surface area contributed by atoms with Crippen molar-refractivity contribution in [3.63, 3.8) is 0 Å². The number of nitrogens with zero attached hydrogens (tertiary/aromatic N) is 4. The van der Waals surface area contributed by atoms with Crippen molar-refractivity contribution in [3.8, 4) is 11.4 Å². The number of aromatic nitrogens is 2. The minimum absolute atomic E-state index is 0.722. The molecule has 0 aliphatic carbocycles. The van der Waals surface area contributed by atoms with Crippen molar-refractivity contribution in [2.24, 2.45) is 0 Å². The highest BCUT2D eigenvalue weighted by molar-refractivity contribution is 5.66. The lowest BCUT2D eigenvalue weighted by Crippen LogP contribution is -2.39. The Morgan fingerprint density at radius 1 is 0.966 bits per heavy atom. The predicted octanol–water partition coefficient (Wildman–Crippen LogP) is 3.66. The highest BCUT2D eigenvalue weighted by atomic mass is 16.5. The zero-order chi connectivity index (χ0) is 19.9. The molecule has 0 saturated carbocycles. The molecule has 2 aromatic carbocycles. The molecule has 1 fully saturated rings. The van der Waals surface area contributed by atoms with E-state index in [1.54, 1.807) is 0 Å². The van der Waals surface area contributed by atoms with Crippen LogP contribution in [0.1, 0.15) is 0 Å². The van der Waals surface area contributed by atoms with Crippen LogP contribution in [0.4, 0.5) is 17.3 Å². The van der Waals surface area contributed by atoms with Crippen LogP contribution < -0.4 is 10.2 Å². The standard InChI is InChI=1S/C23H27N5O/c1-27(20-10-6-3-7-11-20)22-18-21(24-12-13-28-14-16-29-17-15-28)25-23(26-22)19-8-4-2-5-9-19/h2-11,18H,12-17H2,1H3,(H,24,25,26). The maximum atomic E-state index is 5.42. The van der Waals surface area contributed by atoms with Crippen molar-refractivity contribution in [1.29, 1.82) is 0 Å². The zero-order valence-electron chi connectivity index (χ0n) is 16.8. The predicted molar refractivity (Wildman–Crippen MR) is 118 cm³/mol. The third kappa shape index (κ3) is 5.10. The van der Waals surface area contributed by atoms with E-state index in [2.05, 4.69) is 27.2 Å². The number of hydrogen-bond acceptors (Lipinski definition) is 6. The number of para-hydroxylation sites is 1. The van der Waals surface area contributed by atoms with Crippen molar-refractivity contribution < 1.29 is 4.74 Å². The molecule has 1 saturated heterocycles. The fourth-order valence-electron chi connectivity index (χ4n) is 3.36. The van der Waals surface area contributed by atoms with Gasteiger partial charge >= 0.3 is 0 Å². The fraction of sp³-hybridized carbons (Fsp3) is 0.304. The van der Waals surface area contributed by atoms with Gasteiger partial charge in [0, 0.05) is 50.5 Å². The van der Waals surface area contributed by atoms with Crippen molar-refractivity contribution in [2.45, 2.75) is 0 Å². The zero-order valence-corrected chi connectivity index (χ0v) is 16.8. The van der Waals surface area contributed by atoms with Crippen molar-refractivity contribution in [2.75, 3.05) is 56.7 Å². The molecular weight excluding hydrogens is 362 g/mol. The Balaban J connectivity index is 1.56. The van der Waals surface area contributed by atoms with Crippen LogP contribution in [-0.4, -0.2) is 61.3 Å². The summed E-state index contributed by atoms with van der Waals surface area (Å²) >= 11 is 0. The summed E-state index contributed by atoms with van der Waals surface area (Å²) in [6, 6.07) is 22.4. The molecule has 1 aliphatic heterocycles.